The maximum Gasteiger partial charge on any atom is 0.331 e. The number of ether oxygens (including phenoxy) is 1. The molecule has 80 valence electrons. The van der Waals surface area contributed by atoms with Gasteiger partial charge in [-0.25, -0.2) is 4.79 Å². The third kappa shape index (κ3) is 3.81. The van der Waals surface area contributed by atoms with Crippen molar-refractivity contribution in [3.8, 4) is 0 Å². The molecule has 0 fully saturated rings. The minimum atomic E-state index is -0.428. The van der Waals surface area contributed by atoms with E-state index in [0.717, 1.165) is 5.69 Å². The van der Waals surface area contributed by atoms with Crippen molar-refractivity contribution < 1.29 is 9.53 Å². The first-order valence-corrected chi connectivity index (χ1v) is 4.85. The molecule has 3 nitrogen and oxygen atoms in total. The summed E-state index contributed by atoms with van der Waals surface area (Å²) in [5.74, 6) is -0.428. The zero-order valence-electron chi connectivity index (χ0n) is 7.96. The molecule has 0 heterocycles. The SMILES string of the molecule is COC(=O)/C=C/Nc1ccc(Cl)c(Cl)c1. The van der Waals surface area contributed by atoms with Gasteiger partial charge in [0.1, 0.15) is 0 Å². The largest absolute Gasteiger partial charge is 0.466 e. The minimum Gasteiger partial charge on any atom is -0.466 e. The quantitative estimate of drug-likeness (QED) is 0.657. The van der Waals surface area contributed by atoms with E-state index in [1.54, 1.807) is 18.2 Å². The molecule has 1 aromatic rings. The fourth-order valence-corrected chi connectivity index (χ4v) is 1.16. The average Bonchev–Trinajstić information content (AvgIpc) is 2.23. The maximum atomic E-state index is 10.7. The highest BCUT2D eigenvalue weighted by Gasteiger charge is 1.97. The third-order valence-corrected chi connectivity index (χ3v) is 2.33. The summed E-state index contributed by atoms with van der Waals surface area (Å²) in [5, 5.41) is 3.79. The predicted octanol–water partition coefficient (Wildman–Crippen LogP) is 3.09. The molecule has 0 unspecified atom stereocenters. The average molecular weight is 246 g/mol. The number of methoxy groups -OCH3 is 1. The molecule has 0 saturated heterocycles. The van der Waals surface area contributed by atoms with Crippen LogP contribution < -0.4 is 5.32 Å². The number of hydrogen-bond donors (Lipinski definition) is 1. The first-order chi connectivity index (χ1) is 7.13. The second-order valence-electron chi connectivity index (χ2n) is 2.63. The van der Waals surface area contributed by atoms with E-state index in [1.165, 1.54) is 19.4 Å². The van der Waals surface area contributed by atoms with E-state index in [1.807, 2.05) is 0 Å². The summed E-state index contributed by atoms with van der Waals surface area (Å²) in [6.07, 6.45) is 2.73. The Morgan fingerprint density at radius 2 is 2.13 bits per heavy atom. The molecule has 0 radical (unpaired) electrons. The molecular weight excluding hydrogens is 237 g/mol. The fraction of sp³-hybridized carbons (Fsp3) is 0.100. The van der Waals surface area contributed by atoms with Gasteiger partial charge in [-0.1, -0.05) is 23.2 Å². The first kappa shape index (κ1) is 11.9. The van der Waals surface area contributed by atoms with Crippen LogP contribution in [0.3, 0.4) is 0 Å². The zero-order chi connectivity index (χ0) is 11.3. The van der Waals surface area contributed by atoms with E-state index in [4.69, 9.17) is 23.2 Å². The number of carbonyl (C=O) groups is 1. The molecule has 0 spiro atoms. The van der Waals surface area contributed by atoms with Crippen LogP contribution in [0.25, 0.3) is 0 Å². The first-order valence-electron chi connectivity index (χ1n) is 4.09. The highest BCUT2D eigenvalue weighted by Crippen LogP contribution is 2.24. The van der Waals surface area contributed by atoms with Crippen molar-refractivity contribution in [3.63, 3.8) is 0 Å². The van der Waals surface area contributed by atoms with Crippen molar-refractivity contribution in [1.29, 1.82) is 0 Å². The van der Waals surface area contributed by atoms with Crippen LogP contribution in [0.15, 0.2) is 30.5 Å². The Balaban J connectivity index is 2.62. The lowest BCUT2D eigenvalue weighted by molar-refractivity contribution is -0.134. The van der Waals surface area contributed by atoms with Gasteiger partial charge in [0.05, 0.1) is 17.2 Å². The van der Waals surface area contributed by atoms with Gasteiger partial charge in [-0.05, 0) is 18.2 Å². The lowest BCUT2D eigenvalue weighted by Crippen LogP contribution is -1.96. The zero-order valence-corrected chi connectivity index (χ0v) is 9.47. The van der Waals surface area contributed by atoms with E-state index < -0.39 is 5.97 Å². The molecule has 0 aromatic heterocycles. The van der Waals surface area contributed by atoms with E-state index in [-0.39, 0.29) is 0 Å². The van der Waals surface area contributed by atoms with E-state index in [0.29, 0.717) is 10.0 Å². The summed E-state index contributed by atoms with van der Waals surface area (Å²) < 4.78 is 4.42. The molecule has 1 rings (SSSR count). The fourth-order valence-electron chi connectivity index (χ4n) is 0.860. The molecule has 0 aliphatic rings. The highest BCUT2D eigenvalue weighted by atomic mass is 35.5. The number of halogens is 2. The van der Waals surface area contributed by atoms with Crippen molar-refractivity contribution in [3.05, 3.63) is 40.5 Å². The topological polar surface area (TPSA) is 38.3 Å². The summed E-state index contributed by atoms with van der Waals surface area (Å²) >= 11 is 11.5. The minimum absolute atomic E-state index is 0.428. The Bertz CT molecular complexity index is 391. The van der Waals surface area contributed by atoms with Crippen LogP contribution in [0.5, 0.6) is 0 Å². The molecular formula is C10H9Cl2NO2. The molecule has 0 aliphatic carbocycles. The van der Waals surface area contributed by atoms with Crippen LogP contribution in [0.1, 0.15) is 0 Å². The van der Waals surface area contributed by atoms with Crippen molar-refractivity contribution in [2.45, 2.75) is 0 Å². The Morgan fingerprint density at radius 1 is 1.40 bits per heavy atom. The van der Waals surface area contributed by atoms with Crippen LogP contribution in [0.4, 0.5) is 5.69 Å². The van der Waals surface area contributed by atoms with Gasteiger partial charge in [0.25, 0.3) is 0 Å². The van der Waals surface area contributed by atoms with Gasteiger partial charge in [0.2, 0.25) is 0 Å². The number of nitrogens with one attached hydrogen (secondary N) is 1. The summed E-state index contributed by atoms with van der Waals surface area (Å²) in [6, 6.07) is 5.07. The van der Waals surface area contributed by atoms with Crippen molar-refractivity contribution in [2.75, 3.05) is 12.4 Å². The summed E-state index contributed by atoms with van der Waals surface area (Å²) in [7, 11) is 1.31. The van der Waals surface area contributed by atoms with Gasteiger partial charge in [0.15, 0.2) is 0 Å². The number of benzene rings is 1. The van der Waals surface area contributed by atoms with Gasteiger partial charge < -0.3 is 10.1 Å². The van der Waals surface area contributed by atoms with Gasteiger partial charge >= 0.3 is 5.97 Å². The molecule has 0 saturated carbocycles. The second-order valence-corrected chi connectivity index (χ2v) is 3.44. The molecule has 1 aromatic carbocycles. The van der Waals surface area contributed by atoms with Crippen LogP contribution in [0.2, 0.25) is 10.0 Å². The Labute approximate surface area is 97.6 Å². The maximum absolute atomic E-state index is 10.7. The van der Waals surface area contributed by atoms with Gasteiger partial charge in [-0.15, -0.1) is 0 Å². The van der Waals surface area contributed by atoms with Gasteiger partial charge in [0, 0.05) is 18.0 Å². The second kappa shape index (κ2) is 5.63. The van der Waals surface area contributed by atoms with Crippen LogP contribution in [0, 0.1) is 0 Å². The standard InChI is InChI=1S/C10H9Cl2NO2/c1-15-10(14)4-5-13-7-2-3-8(11)9(12)6-7/h2-6,13H,1H3/b5-4+. The monoisotopic (exact) mass is 245 g/mol. The summed E-state index contributed by atoms with van der Waals surface area (Å²) in [5.41, 5.74) is 0.740. The Kier molecular flexibility index (Phi) is 4.46. The van der Waals surface area contributed by atoms with Crippen LogP contribution >= 0.6 is 23.2 Å². The van der Waals surface area contributed by atoms with Crippen LogP contribution in [-0.2, 0) is 9.53 Å². The van der Waals surface area contributed by atoms with Crippen molar-refractivity contribution >= 4 is 34.9 Å². The molecule has 0 amide bonds. The number of carbonyl (C=O) groups excluding carboxylic acids is 1. The Hall–Kier alpha value is -1.19. The highest BCUT2D eigenvalue weighted by molar-refractivity contribution is 6.42. The van der Waals surface area contributed by atoms with Crippen molar-refractivity contribution in [2.24, 2.45) is 0 Å². The molecule has 0 atom stereocenters. The molecule has 0 bridgehead atoms. The third-order valence-electron chi connectivity index (χ3n) is 1.59. The number of esters is 1. The van der Waals surface area contributed by atoms with Gasteiger partial charge in [-0.3, -0.25) is 0 Å². The molecule has 15 heavy (non-hydrogen) atoms. The van der Waals surface area contributed by atoms with E-state index in [9.17, 15) is 4.79 Å². The lowest BCUT2D eigenvalue weighted by Gasteiger charge is -2.01. The van der Waals surface area contributed by atoms with Crippen LogP contribution in [-0.4, -0.2) is 13.1 Å². The molecule has 1 N–H and O–H groups in total. The van der Waals surface area contributed by atoms with Crippen molar-refractivity contribution in [1.82, 2.24) is 0 Å². The Morgan fingerprint density at radius 3 is 2.73 bits per heavy atom. The summed E-state index contributed by atoms with van der Waals surface area (Å²) in [6.45, 7) is 0. The smallest absolute Gasteiger partial charge is 0.331 e. The number of rotatable bonds is 3. The molecule has 0 aliphatic heterocycles. The number of anilines is 1. The van der Waals surface area contributed by atoms with E-state index >= 15 is 0 Å². The lowest BCUT2D eigenvalue weighted by atomic mass is 10.3. The molecule has 5 heteroatoms. The van der Waals surface area contributed by atoms with Gasteiger partial charge in [-0.2, -0.15) is 0 Å². The number of hydrogen-bond acceptors (Lipinski definition) is 3. The normalized spacial score (nSPS) is 10.3. The summed E-state index contributed by atoms with van der Waals surface area (Å²) in [4.78, 5) is 10.7. The van der Waals surface area contributed by atoms with E-state index in [2.05, 4.69) is 10.1 Å². The predicted molar refractivity (Wildman–Crippen MR) is 61.2 cm³/mol.